The largest absolute Gasteiger partial charge is 0.257 e. The van der Waals surface area contributed by atoms with E-state index >= 15 is 0 Å². The molecule has 2 aromatic heterocycles. The van der Waals surface area contributed by atoms with E-state index in [1.165, 1.54) is 23.7 Å². The number of benzene rings is 1. The van der Waals surface area contributed by atoms with Gasteiger partial charge in [0.25, 0.3) is 0 Å². The molecule has 0 aliphatic carbocycles. The van der Waals surface area contributed by atoms with Crippen molar-refractivity contribution in [3.63, 3.8) is 0 Å². The number of aromatic nitrogens is 4. The van der Waals surface area contributed by atoms with Crippen molar-refractivity contribution in [3.8, 4) is 22.1 Å². The fraction of sp³-hybridized carbons (Fsp3) is 0. The third-order valence-corrected chi connectivity index (χ3v) is 3.48. The molecule has 3 rings (SSSR count). The van der Waals surface area contributed by atoms with Crippen LogP contribution in [0.2, 0.25) is 5.02 Å². The zero-order chi connectivity index (χ0) is 12.5. The minimum Gasteiger partial charge on any atom is -0.257 e. The van der Waals surface area contributed by atoms with Crippen molar-refractivity contribution in [3.05, 3.63) is 40.7 Å². The van der Waals surface area contributed by atoms with Gasteiger partial charge in [-0.05, 0) is 18.2 Å². The molecule has 0 saturated heterocycles. The molecule has 7 heteroatoms. The summed E-state index contributed by atoms with van der Waals surface area (Å²) >= 11 is 7.17. The third kappa shape index (κ3) is 2.00. The molecule has 4 nitrogen and oxygen atoms in total. The lowest BCUT2D eigenvalue weighted by Crippen LogP contribution is -1.83. The Morgan fingerprint density at radius 1 is 1.33 bits per heavy atom. The Hall–Kier alpha value is -1.79. The van der Waals surface area contributed by atoms with Crippen molar-refractivity contribution in [2.45, 2.75) is 0 Å². The highest BCUT2D eigenvalue weighted by Crippen LogP contribution is 2.28. The zero-order valence-corrected chi connectivity index (χ0v) is 10.5. The van der Waals surface area contributed by atoms with E-state index in [0.29, 0.717) is 5.82 Å². The fourth-order valence-corrected chi connectivity index (χ4v) is 2.43. The molecule has 0 radical (unpaired) electrons. The Labute approximate surface area is 110 Å². The molecule has 0 spiro atoms. The van der Waals surface area contributed by atoms with Gasteiger partial charge in [-0.2, -0.15) is 5.10 Å². The number of halogens is 2. The van der Waals surface area contributed by atoms with Crippen LogP contribution in [0.3, 0.4) is 0 Å². The van der Waals surface area contributed by atoms with Crippen LogP contribution in [0.15, 0.2) is 29.9 Å². The minimum absolute atomic E-state index is 0.0849. The lowest BCUT2D eigenvalue weighted by molar-refractivity contribution is 0.628. The third-order valence-electron chi connectivity index (χ3n) is 2.34. The van der Waals surface area contributed by atoms with Crippen LogP contribution in [-0.4, -0.2) is 20.2 Å². The van der Waals surface area contributed by atoms with Crippen LogP contribution < -0.4 is 0 Å². The molecule has 0 amide bonds. The van der Waals surface area contributed by atoms with Gasteiger partial charge in [-0.15, -0.1) is 11.3 Å². The van der Waals surface area contributed by atoms with Crippen molar-refractivity contribution >= 4 is 22.9 Å². The van der Waals surface area contributed by atoms with Gasteiger partial charge in [-0.3, -0.25) is 5.10 Å². The molecule has 3 aromatic rings. The van der Waals surface area contributed by atoms with Crippen molar-refractivity contribution in [1.82, 2.24) is 20.2 Å². The van der Waals surface area contributed by atoms with Gasteiger partial charge in [0.15, 0.2) is 10.8 Å². The molecule has 0 unspecified atom stereocenters. The second-order valence-corrected chi connectivity index (χ2v) is 4.77. The zero-order valence-electron chi connectivity index (χ0n) is 8.89. The summed E-state index contributed by atoms with van der Waals surface area (Å²) in [7, 11) is 0. The summed E-state index contributed by atoms with van der Waals surface area (Å²) in [6.45, 7) is 0. The first-order chi connectivity index (χ1) is 8.74. The van der Waals surface area contributed by atoms with Gasteiger partial charge in [0.05, 0.1) is 10.7 Å². The summed E-state index contributed by atoms with van der Waals surface area (Å²) in [4.78, 5) is 8.42. The average Bonchev–Trinajstić information content (AvgIpc) is 3.01. The quantitative estimate of drug-likeness (QED) is 0.783. The Kier molecular flexibility index (Phi) is 2.81. The Bertz CT molecular complexity index is 680. The van der Waals surface area contributed by atoms with E-state index in [9.17, 15) is 4.39 Å². The summed E-state index contributed by atoms with van der Waals surface area (Å²) in [5.74, 6) is 0.172. The van der Waals surface area contributed by atoms with Gasteiger partial charge >= 0.3 is 0 Å². The topological polar surface area (TPSA) is 54.5 Å². The van der Waals surface area contributed by atoms with Crippen LogP contribution in [0, 0.1) is 5.82 Å². The molecule has 90 valence electrons. The van der Waals surface area contributed by atoms with Crippen molar-refractivity contribution in [1.29, 1.82) is 0 Å². The van der Waals surface area contributed by atoms with Crippen molar-refractivity contribution in [2.24, 2.45) is 0 Å². The summed E-state index contributed by atoms with van der Waals surface area (Å²) < 4.78 is 13.1. The standard InChI is InChI=1S/C11H6ClFN4S/c12-7-3-6(1-2-8(7)13)9-4-18-11(16-9)10-14-5-15-17-10/h1-5H,(H,14,15,17). The molecule has 0 atom stereocenters. The Morgan fingerprint density at radius 3 is 2.94 bits per heavy atom. The molecule has 0 saturated carbocycles. The minimum atomic E-state index is -0.439. The number of aromatic amines is 1. The van der Waals surface area contributed by atoms with E-state index in [1.807, 2.05) is 5.38 Å². The molecular weight excluding hydrogens is 275 g/mol. The van der Waals surface area contributed by atoms with E-state index in [0.717, 1.165) is 16.3 Å². The molecule has 0 bridgehead atoms. The van der Waals surface area contributed by atoms with Crippen LogP contribution in [0.1, 0.15) is 0 Å². The number of H-pyrrole nitrogens is 1. The first-order valence-corrected chi connectivity index (χ1v) is 6.26. The van der Waals surface area contributed by atoms with Crippen LogP contribution in [0.25, 0.3) is 22.1 Å². The van der Waals surface area contributed by atoms with E-state index < -0.39 is 5.82 Å². The smallest absolute Gasteiger partial charge is 0.184 e. The molecule has 2 heterocycles. The maximum absolute atomic E-state index is 13.1. The molecular formula is C11H6ClFN4S. The Morgan fingerprint density at radius 2 is 2.22 bits per heavy atom. The highest BCUT2D eigenvalue weighted by molar-refractivity contribution is 7.13. The lowest BCUT2D eigenvalue weighted by atomic mass is 10.2. The fourth-order valence-electron chi connectivity index (χ4n) is 1.48. The maximum Gasteiger partial charge on any atom is 0.184 e. The second-order valence-electron chi connectivity index (χ2n) is 3.50. The first kappa shape index (κ1) is 11.3. The van der Waals surface area contributed by atoms with Crippen LogP contribution in [0.5, 0.6) is 0 Å². The van der Waals surface area contributed by atoms with Crippen molar-refractivity contribution in [2.75, 3.05) is 0 Å². The Balaban J connectivity index is 2.00. The van der Waals surface area contributed by atoms with Gasteiger partial charge in [-0.1, -0.05) is 11.6 Å². The second kappa shape index (κ2) is 4.47. The summed E-state index contributed by atoms with van der Waals surface area (Å²) in [6.07, 6.45) is 1.42. The summed E-state index contributed by atoms with van der Waals surface area (Å²) in [5.41, 5.74) is 1.50. The van der Waals surface area contributed by atoms with Gasteiger partial charge in [0.1, 0.15) is 12.1 Å². The molecule has 0 aliphatic rings. The predicted molar refractivity (Wildman–Crippen MR) is 67.9 cm³/mol. The molecule has 0 aliphatic heterocycles. The van der Waals surface area contributed by atoms with E-state index in [-0.39, 0.29) is 5.02 Å². The molecule has 0 fully saturated rings. The SMILES string of the molecule is Fc1ccc(-c2csc(-c3ncn[nH]3)n2)cc1Cl. The maximum atomic E-state index is 13.1. The summed E-state index contributed by atoms with van der Waals surface area (Å²) in [6, 6.07) is 4.52. The van der Waals surface area contributed by atoms with Gasteiger partial charge in [0, 0.05) is 10.9 Å². The lowest BCUT2D eigenvalue weighted by Gasteiger charge is -1.98. The van der Waals surface area contributed by atoms with Gasteiger partial charge < -0.3 is 0 Å². The van der Waals surface area contributed by atoms with E-state index in [1.54, 1.807) is 12.1 Å². The van der Waals surface area contributed by atoms with E-state index in [4.69, 9.17) is 11.6 Å². The van der Waals surface area contributed by atoms with Gasteiger partial charge in [-0.25, -0.2) is 14.4 Å². The number of nitrogens with one attached hydrogen (secondary N) is 1. The molecule has 1 aromatic carbocycles. The average molecular weight is 281 g/mol. The first-order valence-electron chi connectivity index (χ1n) is 5.01. The number of hydrogen-bond acceptors (Lipinski definition) is 4. The van der Waals surface area contributed by atoms with Crippen molar-refractivity contribution < 1.29 is 4.39 Å². The normalized spacial score (nSPS) is 10.8. The highest BCUT2D eigenvalue weighted by atomic mass is 35.5. The summed E-state index contributed by atoms with van der Waals surface area (Å²) in [5, 5.41) is 9.18. The van der Waals surface area contributed by atoms with E-state index in [2.05, 4.69) is 20.2 Å². The van der Waals surface area contributed by atoms with Crippen LogP contribution >= 0.6 is 22.9 Å². The van der Waals surface area contributed by atoms with Crippen LogP contribution in [0.4, 0.5) is 4.39 Å². The highest BCUT2D eigenvalue weighted by Gasteiger charge is 2.10. The number of thiazole rings is 1. The number of hydrogen-bond donors (Lipinski definition) is 1. The molecule has 1 N–H and O–H groups in total. The number of nitrogens with zero attached hydrogens (tertiary/aromatic N) is 3. The number of rotatable bonds is 2. The molecule has 18 heavy (non-hydrogen) atoms. The predicted octanol–water partition coefficient (Wildman–Crippen LogP) is 3.39. The van der Waals surface area contributed by atoms with Gasteiger partial charge in [0.2, 0.25) is 0 Å². The van der Waals surface area contributed by atoms with Crippen LogP contribution in [-0.2, 0) is 0 Å². The monoisotopic (exact) mass is 280 g/mol.